The molecule has 0 aliphatic carbocycles. The van der Waals surface area contributed by atoms with E-state index in [2.05, 4.69) is 5.43 Å². The lowest BCUT2D eigenvalue weighted by Crippen LogP contribution is -2.55. The van der Waals surface area contributed by atoms with Crippen molar-refractivity contribution in [2.24, 2.45) is 5.84 Å². The predicted molar refractivity (Wildman–Crippen MR) is 80.2 cm³/mol. The van der Waals surface area contributed by atoms with Crippen LogP contribution in [0.25, 0.3) is 0 Å². The Labute approximate surface area is 124 Å². The normalized spacial score (nSPS) is 14.4. The molecule has 0 aromatic heterocycles. The summed E-state index contributed by atoms with van der Waals surface area (Å²) in [6, 6.07) is 4.78. The summed E-state index contributed by atoms with van der Waals surface area (Å²) >= 11 is 12.1. The zero-order valence-corrected chi connectivity index (χ0v) is 13.4. The molecule has 0 fully saturated rings. The monoisotopic (exact) mass is 324 g/mol. The van der Waals surface area contributed by atoms with Crippen LogP contribution in [0.1, 0.15) is 19.4 Å². The molecule has 1 rings (SSSR count). The minimum atomic E-state index is -3.28. The smallest absolute Gasteiger partial charge is 0.154 e. The van der Waals surface area contributed by atoms with Gasteiger partial charge in [-0.1, -0.05) is 35.3 Å². The number of nitrogens with one attached hydrogen (secondary N) is 1. The minimum Gasteiger partial charge on any atom is -0.271 e. The summed E-state index contributed by atoms with van der Waals surface area (Å²) in [4.78, 5) is 0. The van der Waals surface area contributed by atoms with Gasteiger partial charge >= 0.3 is 0 Å². The van der Waals surface area contributed by atoms with Gasteiger partial charge in [-0.05, 0) is 31.9 Å². The van der Waals surface area contributed by atoms with Crippen LogP contribution in [0.5, 0.6) is 0 Å². The Hall–Kier alpha value is -0.330. The van der Waals surface area contributed by atoms with Crippen molar-refractivity contribution in [1.82, 2.24) is 5.43 Å². The van der Waals surface area contributed by atoms with E-state index in [4.69, 9.17) is 29.0 Å². The molecule has 0 saturated heterocycles. The van der Waals surface area contributed by atoms with Crippen molar-refractivity contribution in [2.45, 2.75) is 31.1 Å². The molecule has 19 heavy (non-hydrogen) atoms. The van der Waals surface area contributed by atoms with Gasteiger partial charge in [-0.2, -0.15) is 0 Å². The van der Waals surface area contributed by atoms with Crippen LogP contribution in [0.15, 0.2) is 18.2 Å². The molecule has 0 spiro atoms. The molecular weight excluding hydrogens is 307 g/mol. The number of benzene rings is 1. The van der Waals surface area contributed by atoms with Crippen molar-refractivity contribution in [3.05, 3.63) is 33.8 Å². The van der Waals surface area contributed by atoms with Crippen LogP contribution in [0.2, 0.25) is 10.0 Å². The van der Waals surface area contributed by atoms with E-state index in [1.807, 2.05) is 0 Å². The van der Waals surface area contributed by atoms with Crippen molar-refractivity contribution in [1.29, 1.82) is 0 Å². The van der Waals surface area contributed by atoms with E-state index >= 15 is 0 Å². The first-order chi connectivity index (χ1) is 8.61. The number of sulfone groups is 1. The molecule has 1 atom stereocenters. The van der Waals surface area contributed by atoms with Gasteiger partial charge in [0.25, 0.3) is 0 Å². The van der Waals surface area contributed by atoms with Gasteiger partial charge in [0.1, 0.15) is 0 Å². The molecule has 0 aliphatic rings. The zero-order chi connectivity index (χ0) is 14.8. The van der Waals surface area contributed by atoms with Crippen LogP contribution < -0.4 is 11.3 Å². The molecular formula is C12H18Cl2N2O2S. The van der Waals surface area contributed by atoms with E-state index in [0.29, 0.717) is 16.5 Å². The van der Waals surface area contributed by atoms with E-state index in [1.54, 1.807) is 32.0 Å². The van der Waals surface area contributed by atoms with Gasteiger partial charge < -0.3 is 0 Å². The van der Waals surface area contributed by atoms with E-state index < -0.39 is 20.6 Å². The van der Waals surface area contributed by atoms with E-state index in [0.717, 1.165) is 5.56 Å². The highest BCUT2D eigenvalue weighted by Crippen LogP contribution is 2.29. The van der Waals surface area contributed by atoms with Gasteiger partial charge in [-0.25, -0.2) is 8.42 Å². The summed E-state index contributed by atoms with van der Waals surface area (Å²) in [6.07, 6.45) is 1.56. The highest BCUT2D eigenvalue weighted by atomic mass is 35.5. The van der Waals surface area contributed by atoms with Gasteiger partial charge in [-0.3, -0.25) is 11.3 Å². The lowest BCUT2D eigenvalue weighted by Gasteiger charge is -2.32. The fourth-order valence-corrected chi connectivity index (χ4v) is 2.76. The van der Waals surface area contributed by atoms with Crippen LogP contribution >= 0.6 is 23.2 Å². The molecule has 3 N–H and O–H groups in total. The van der Waals surface area contributed by atoms with Crippen LogP contribution in [0.4, 0.5) is 0 Å². The van der Waals surface area contributed by atoms with Crippen molar-refractivity contribution >= 4 is 33.0 Å². The summed E-state index contributed by atoms with van der Waals surface area (Å²) < 4.78 is 22.7. The van der Waals surface area contributed by atoms with Gasteiger partial charge in [-0.15, -0.1) is 0 Å². The highest BCUT2D eigenvalue weighted by molar-refractivity contribution is 7.92. The van der Waals surface area contributed by atoms with E-state index in [9.17, 15) is 8.42 Å². The Morgan fingerprint density at radius 1 is 1.37 bits per heavy atom. The molecule has 1 unspecified atom stereocenters. The molecule has 0 aliphatic heterocycles. The fraction of sp³-hybridized carbons (Fsp3) is 0.500. The molecule has 1 aromatic rings. The second-order valence-electron chi connectivity index (χ2n) is 5.01. The predicted octanol–water partition coefficient (Wildman–Crippen LogP) is 2.19. The first-order valence-electron chi connectivity index (χ1n) is 5.70. The molecule has 0 bridgehead atoms. The van der Waals surface area contributed by atoms with Crippen LogP contribution in [-0.2, 0) is 16.3 Å². The summed E-state index contributed by atoms with van der Waals surface area (Å²) in [6.45, 7) is 3.26. The molecule has 0 radical (unpaired) electrons. The highest BCUT2D eigenvalue weighted by Gasteiger charge is 2.38. The standard InChI is InChI=1S/C12H18Cl2N2O2S/c1-12(2,19(3,17)18)10(16-15)7-8-5-4-6-9(13)11(8)14/h4-6,10,16H,7,15H2,1-3H3. The quantitative estimate of drug-likeness (QED) is 0.643. The second kappa shape index (κ2) is 5.97. The van der Waals surface area contributed by atoms with Gasteiger partial charge in [0.2, 0.25) is 0 Å². The Kier molecular flexibility index (Phi) is 5.26. The average molecular weight is 325 g/mol. The van der Waals surface area contributed by atoms with Crippen molar-refractivity contribution in [3.8, 4) is 0 Å². The number of halogens is 2. The van der Waals surface area contributed by atoms with Gasteiger partial charge in [0.15, 0.2) is 9.84 Å². The molecule has 0 saturated carbocycles. The van der Waals surface area contributed by atoms with Gasteiger partial charge in [0.05, 0.1) is 14.8 Å². The maximum Gasteiger partial charge on any atom is 0.154 e. The maximum atomic E-state index is 11.8. The third-order valence-electron chi connectivity index (χ3n) is 3.45. The van der Waals surface area contributed by atoms with Gasteiger partial charge in [0, 0.05) is 12.3 Å². The zero-order valence-electron chi connectivity index (χ0n) is 11.1. The fourth-order valence-electron chi connectivity index (χ4n) is 1.69. The maximum absolute atomic E-state index is 11.8. The first kappa shape index (κ1) is 16.7. The molecule has 0 amide bonds. The lowest BCUT2D eigenvalue weighted by molar-refractivity contribution is 0.413. The molecule has 4 nitrogen and oxygen atoms in total. The summed E-state index contributed by atoms with van der Waals surface area (Å²) in [5.41, 5.74) is 3.32. The molecule has 1 aromatic carbocycles. The molecule has 0 heterocycles. The second-order valence-corrected chi connectivity index (χ2v) is 8.39. The van der Waals surface area contributed by atoms with E-state index in [1.165, 1.54) is 6.26 Å². The Bertz CT molecular complexity index is 559. The van der Waals surface area contributed by atoms with Crippen LogP contribution in [0.3, 0.4) is 0 Å². The Balaban J connectivity index is 3.11. The Morgan fingerprint density at radius 3 is 2.42 bits per heavy atom. The van der Waals surface area contributed by atoms with Crippen molar-refractivity contribution < 1.29 is 8.42 Å². The molecule has 108 valence electrons. The number of hydrazine groups is 1. The van der Waals surface area contributed by atoms with E-state index in [-0.39, 0.29) is 0 Å². The minimum absolute atomic E-state index is 0.371. The number of hydrogen-bond donors (Lipinski definition) is 2. The summed E-state index contributed by atoms with van der Waals surface area (Å²) in [7, 11) is -3.28. The van der Waals surface area contributed by atoms with Crippen molar-refractivity contribution in [3.63, 3.8) is 0 Å². The number of nitrogens with two attached hydrogens (primary N) is 1. The SMILES string of the molecule is CC(C)(C(Cc1cccc(Cl)c1Cl)NN)S(C)(=O)=O. The number of hydrogen-bond acceptors (Lipinski definition) is 4. The van der Waals surface area contributed by atoms with Crippen molar-refractivity contribution in [2.75, 3.05) is 6.26 Å². The molecule has 7 heteroatoms. The van der Waals surface area contributed by atoms with Crippen LogP contribution in [0, 0.1) is 0 Å². The first-order valence-corrected chi connectivity index (χ1v) is 8.34. The Morgan fingerprint density at radius 2 is 1.95 bits per heavy atom. The topological polar surface area (TPSA) is 72.2 Å². The number of rotatable bonds is 5. The largest absolute Gasteiger partial charge is 0.271 e. The lowest BCUT2D eigenvalue weighted by atomic mass is 9.96. The summed E-state index contributed by atoms with van der Waals surface area (Å²) in [5, 5.41) is 0.862. The third-order valence-corrected chi connectivity index (χ3v) is 6.51. The summed E-state index contributed by atoms with van der Waals surface area (Å²) in [5.74, 6) is 5.50. The van der Waals surface area contributed by atoms with Crippen LogP contribution in [-0.4, -0.2) is 25.5 Å². The third kappa shape index (κ3) is 3.61. The average Bonchev–Trinajstić information content (AvgIpc) is 2.29.